The molecule has 0 aliphatic carbocycles. The second-order valence-corrected chi connectivity index (χ2v) is 5.49. The average molecular weight is 253 g/mol. The van der Waals surface area contributed by atoms with Gasteiger partial charge in [-0.15, -0.1) is 0 Å². The standard InChI is InChI=1S/C18H23N/c1-13-8-7-9-14(2)17(13)12-15(3)18(19)16-10-5-4-6-11-16/h4-11,15,18H,12,19H2,1-3H3. The first-order valence-electron chi connectivity index (χ1n) is 6.95. The molecule has 2 atom stereocenters. The van der Waals surface area contributed by atoms with Crippen LogP contribution in [0.5, 0.6) is 0 Å². The molecule has 1 nitrogen and oxygen atoms in total. The van der Waals surface area contributed by atoms with Crippen molar-refractivity contribution >= 4 is 0 Å². The highest BCUT2D eigenvalue weighted by Gasteiger charge is 2.16. The summed E-state index contributed by atoms with van der Waals surface area (Å²) in [5, 5.41) is 0. The Morgan fingerprint density at radius 1 is 0.895 bits per heavy atom. The summed E-state index contributed by atoms with van der Waals surface area (Å²) in [6, 6.07) is 17.0. The molecule has 2 unspecified atom stereocenters. The van der Waals surface area contributed by atoms with Crippen molar-refractivity contribution < 1.29 is 0 Å². The number of nitrogens with two attached hydrogens (primary N) is 1. The molecule has 0 aliphatic heterocycles. The van der Waals surface area contributed by atoms with Crippen molar-refractivity contribution in [2.45, 2.75) is 33.2 Å². The summed E-state index contributed by atoms with van der Waals surface area (Å²) < 4.78 is 0. The summed E-state index contributed by atoms with van der Waals surface area (Å²) in [6.07, 6.45) is 1.04. The van der Waals surface area contributed by atoms with Gasteiger partial charge in [0.1, 0.15) is 0 Å². The van der Waals surface area contributed by atoms with E-state index in [1.54, 1.807) is 0 Å². The summed E-state index contributed by atoms with van der Waals surface area (Å²) in [4.78, 5) is 0. The van der Waals surface area contributed by atoms with Crippen molar-refractivity contribution in [3.63, 3.8) is 0 Å². The first-order valence-corrected chi connectivity index (χ1v) is 6.95. The van der Waals surface area contributed by atoms with Crippen LogP contribution in [0.2, 0.25) is 0 Å². The molecule has 19 heavy (non-hydrogen) atoms. The summed E-state index contributed by atoms with van der Waals surface area (Å²) in [5.41, 5.74) is 11.8. The van der Waals surface area contributed by atoms with Gasteiger partial charge in [0.05, 0.1) is 0 Å². The maximum absolute atomic E-state index is 6.39. The van der Waals surface area contributed by atoms with Gasteiger partial charge in [0.15, 0.2) is 0 Å². The number of benzene rings is 2. The summed E-state index contributed by atoms with van der Waals surface area (Å²) in [5.74, 6) is 0.433. The zero-order chi connectivity index (χ0) is 13.8. The van der Waals surface area contributed by atoms with Crippen LogP contribution < -0.4 is 5.73 Å². The Morgan fingerprint density at radius 2 is 1.47 bits per heavy atom. The molecule has 0 aliphatic rings. The Morgan fingerprint density at radius 3 is 2.05 bits per heavy atom. The van der Waals surface area contributed by atoms with Crippen LogP contribution in [-0.4, -0.2) is 0 Å². The van der Waals surface area contributed by atoms with Crippen LogP contribution in [0, 0.1) is 19.8 Å². The maximum Gasteiger partial charge on any atom is 0.0324 e. The smallest absolute Gasteiger partial charge is 0.0324 e. The summed E-state index contributed by atoms with van der Waals surface area (Å²) >= 11 is 0. The average Bonchev–Trinajstić information content (AvgIpc) is 2.43. The zero-order valence-corrected chi connectivity index (χ0v) is 12.1. The molecule has 2 N–H and O–H groups in total. The molecule has 2 aromatic carbocycles. The lowest BCUT2D eigenvalue weighted by Gasteiger charge is -2.22. The van der Waals surface area contributed by atoms with E-state index >= 15 is 0 Å². The highest BCUT2D eigenvalue weighted by atomic mass is 14.6. The largest absolute Gasteiger partial charge is 0.324 e. The van der Waals surface area contributed by atoms with Gasteiger partial charge in [-0.1, -0.05) is 55.5 Å². The first kappa shape index (κ1) is 13.8. The van der Waals surface area contributed by atoms with Gasteiger partial charge in [-0.2, -0.15) is 0 Å². The van der Waals surface area contributed by atoms with Crippen molar-refractivity contribution in [2.24, 2.45) is 11.7 Å². The maximum atomic E-state index is 6.39. The van der Waals surface area contributed by atoms with Crippen molar-refractivity contribution in [2.75, 3.05) is 0 Å². The minimum absolute atomic E-state index is 0.0974. The predicted molar refractivity (Wildman–Crippen MR) is 82.2 cm³/mol. The Bertz CT molecular complexity index is 510. The van der Waals surface area contributed by atoms with Crippen LogP contribution in [-0.2, 0) is 6.42 Å². The van der Waals surface area contributed by atoms with Crippen molar-refractivity contribution in [3.8, 4) is 0 Å². The van der Waals surface area contributed by atoms with E-state index in [4.69, 9.17) is 5.73 Å². The highest BCUT2D eigenvalue weighted by Crippen LogP contribution is 2.25. The molecule has 0 saturated carbocycles. The third kappa shape index (κ3) is 3.24. The lowest BCUT2D eigenvalue weighted by molar-refractivity contribution is 0.466. The monoisotopic (exact) mass is 253 g/mol. The highest BCUT2D eigenvalue weighted by molar-refractivity contribution is 5.34. The second-order valence-electron chi connectivity index (χ2n) is 5.49. The van der Waals surface area contributed by atoms with E-state index in [0.717, 1.165) is 6.42 Å². The first-order chi connectivity index (χ1) is 9.09. The molecule has 0 saturated heterocycles. The van der Waals surface area contributed by atoms with Gasteiger partial charge >= 0.3 is 0 Å². The van der Waals surface area contributed by atoms with E-state index in [2.05, 4.69) is 63.2 Å². The van der Waals surface area contributed by atoms with Gasteiger partial charge in [-0.05, 0) is 48.4 Å². The van der Waals surface area contributed by atoms with Gasteiger partial charge in [0.25, 0.3) is 0 Å². The quantitative estimate of drug-likeness (QED) is 0.869. The van der Waals surface area contributed by atoms with Gasteiger partial charge in [-0.3, -0.25) is 0 Å². The fourth-order valence-electron chi connectivity index (χ4n) is 2.62. The topological polar surface area (TPSA) is 26.0 Å². The van der Waals surface area contributed by atoms with Crippen molar-refractivity contribution in [3.05, 3.63) is 70.8 Å². The van der Waals surface area contributed by atoms with Crippen molar-refractivity contribution in [1.82, 2.24) is 0 Å². The van der Waals surface area contributed by atoms with Gasteiger partial charge in [0.2, 0.25) is 0 Å². The van der Waals surface area contributed by atoms with Crippen LogP contribution in [0.3, 0.4) is 0 Å². The Hall–Kier alpha value is -1.60. The Balaban J connectivity index is 2.15. The number of hydrogen-bond donors (Lipinski definition) is 1. The van der Waals surface area contributed by atoms with Gasteiger partial charge < -0.3 is 5.73 Å². The van der Waals surface area contributed by atoms with Gasteiger partial charge in [-0.25, -0.2) is 0 Å². The van der Waals surface area contributed by atoms with Gasteiger partial charge in [0, 0.05) is 6.04 Å². The number of rotatable bonds is 4. The predicted octanol–water partition coefficient (Wildman–Crippen LogP) is 4.18. The Kier molecular flexibility index (Phi) is 4.39. The van der Waals surface area contributed by atoms with Crippen LogP contribution >= 0.6 is 0 Å². The van der Waals surface area contributed by atoms with E-state index in [9.17, 15) is 0 Å². The molecule has 2 rings (SSSR count). The molecule has 0 bridgehead atoms. The molecule has 0 amide bonds. The third-order valence-corrected chi connectivity index (χ3v) is 3.97. The fourth-order valence-corrected chi connectivity index (χ4v) is 2.62. The molecule has 0 aromatic heterocycles. The van der Waals surface area contributed by atoms with Crippen LogP contribution in [0.4, 0.5) is 0 Å². The molecule has 2 aromatic rings. The van der Waals surface area contributed by atoms with E-state index < -0.39 is 0 Å². The minimum Gasteiger partial charge on any atom is -0.324 e. The lowest BCUT2D eigenvalue weighted by atomic mass is 9.87. The molecule has 0 spiro atoms. The molecular formula is C18H23N. The van der Waals surface area contributed by atoms with Crippen LogP contribution in [0.1, 0.15) is 35.2 Å². The SMILES string of the molecule is Cc1cccc(C)c1CC(C)C(N)c1ccccc1. The number of aryl methyl sites for hydroxylation is 2. The molecule has 1 heteroatoms. The molecule has 0 heterocycles. The lowest BCUT2D eigenvalue weighted by Crippen LogP contribution is -2.21. The Labute approximate surface area is 116 Å². The summed E-state index contributed by atoms with van der Waals surface area (Å²) in [7, 11) is 0. The summed E-state index contributed by atoms with van der Waals surface area (Å²) in [6.45, 7) is 6.61. The molecule has 0 radical (unpaired) electrons. The van der Waals surface area contributed by atoms with E-state index in [-0.39, 0.29) is 6.04 Å². The third-order valence-electron chi connectivity index (χ3n) is 3.97. The van der Waals surface area contributed by atoms with E-state index in [1.807, 2.05) is 6.07 Å². The van der Waals surface area contributed by atoms with E-state index in [1.165, 1.54) is 22.3 Å². The molecular weight excluding hydrogens is 230 g/mol. The number of hydrogen-bond acceptors (Lipinski definition) is 1. The zero-order valence-electron chi connectivity index (χ0n) is 12.1. The van der Waals surface area contributed by atoms with Crippen molar-refractivity contribution in [1.29, 1.82) is 0 Å². The van der Waals surface area contributed by atoms with Crippen LogP contribution in [0.15, 0.2) is 48.5 Å². The second kappa shape index (κ2) is 6.03. The molecule has 0 fully saturated rings. The van der Waals surface area contributed by atoms with E-state index in [0.29, 0.717) is 5.92 Å². The fraction of sp³-hybridized carbons (Fsp3) is 0.333. The molecule has 100 valence electrons. The normalized spacial score (nSPS) is 14.1. The minimum atomic E-state index is 0.0974. The van der Waals surface area contributed by atoms with Crippen LogP contribution in [0.25, 0.3) is 0 Å².